The second kappa shape index (κ2) is 5.81. The zero-order chi connectivity index (χ0) is 16.4. The zero-order valence-electron chi connectivity index (χ0n) is 13.1. The lowest BCUT2D eigenvalue weighted by atomic mass is 9.72. The molecule has 1 nitrogen and oxygen atoms in total. The Kier molecular flexibility index (Phi) is 3.49. The highest BCUT2D eigenvalue weighted by Crippen LogP contribution is 2.52. The molecule has 0 aromatic heterocycles. The van der Waals surface area contributed by atoms with E-state index in [4.69, 9.17) is 0 Å². The third-order valence-corrected chi connectivity index (χ3v) is 4.69. The largest absolute Gasteiger partial charge is 0.298 e. The molecular weight excluding hydrogens is 292 g/mol. The molecular formula is C23H16O. The Labute approximate surface area is 141 Å². The summed E-state index contributed by atoms with van der Waals surface area (Å²) in [5, 5.41) is 0. The molecule has 3 aromatic carbocycles. The van der Waals surface area contributed by atoms with E-state index in [0.717, 1.165) is 6.29 Å². The molecule has 0 saturated carbocycles. The molecule has 1 aliphatic rings. The monoisotopic (exact) mass is 308 g/mol. The Morgan fingerprint density at radius 3 is 1.83 bits per heavy atom. The van der Waals surface area contributed by atoms with Gasteiger partial charge in [-0.3, -0.25) is 4.79 Å². The van der Waals surface area contributed by atoms with E-state index in [1.807, 2.05) is 12.1 Å². The van der Waals surface area contributed by atoms with E-state index in [1.54, 1.807) is 0 Å². The van der Waals surface area contributed by atoms with Crippen molar-refractivity contribution in [3.63, 3.8) is 0 Å². The van der Waals surface area contributed by atoms with Crippen molar-refractivity contribution in [1.82, 2.24) is 0 Å². The highest BCUT2D eigenvalue weighted by atomic mass is 16.1. The van der Waals surface area contributed by atoms with Crippen LogP contribution in [0.15, 0.2) is 96.7 Å². The molecule has 0 atom stereocenters. The smallest absolute Gasteiger partial charge is 0.150 e. The van der Waals surface area contributed by atoms with Crippen LogP contribution in [-0.4, -0.2) is 6.29 Å². The maximum absolute atomic E-state index is 10.8. The molecule has 4 rings (SSSR count). The van der Waals surface area contributed by atoms with Gasteiger partial charge in [-0.2, -0.15) is 0 Å². The van der Waals surface area contributed by atoms with Crippen molar-refractivity contribution in [2.24, 2.45) is 0 Å². The number of rotatable bonds is 3. The van der Waals surface area contributed by atoms with Gasteiger partial charge in [0.1, 0.15) is 0 Å². The number of allylic oxidation sites excluding steroid dienone is 1. The van der Waals surface area contributed by atoms with Gasteiger partial charge < -0.3 is 0 Å². The first-order valence-corrected chi connectivity index (χ1v) is 8.00. The maximum atomic E-state index is 10.8. The van der Waals surface area contributed by atoms with Crippen LogP contribution in [0.3, 0.4) is 0 Å². The van der Waals surface area contributed by atoms with E-state index in [2.05, 4.69) is 78.5 Å². The standard InChI is InChI=1S/C23H16O/c24-17-9-8-16-23(18-10-2-1-3-11-18)21-14-6-4-12-19(21)20-13-5-7-15-22(20)23/h1-7,9-17H. The molecule has 0 unspecified atom stereocenters. The van der Waals surface area contributed by atoms with Crippen LogP contribution in [0.2, 0.25) is 0 Å². The molecule has 0 saturated heterocycles. The molecule has 24 heavy (non-hydrogen) atoms. The summed E-state index contributed by atoms with van der Waals surface area (Å²) in [7, 11) is 0. The topological polar surface area (TPSA) is 17.1 Å². The first-order chi connectivity index (χ1) is 11.9. The Morgan fingerprint density at radius 1 is 0.708 bits per heavy atom. The van der Waals surface area contributed by atoms with E-state index in [0.29, 0.717) is 0 Å². The van der Waals surface area contributed by atoms with Gasteiger partial charge in [-0.15, -0.1) is 5.73 Å². The van der Waals surface area contributed by atoms with Crippen molar-refractivity contribution >= 4 is 6.29 Å². The van der Waals surface area contributed by atoms with E-state index in [-0.39, 0.29) is 0 Å². The van der Waals surface area contributed by atoms with Crippen molar-refractivity contribution in [3.05, 3.63) is 113 Å². The third kappa shape index (κ3) is 2.00. The number of aldehydes is 1. The van der Waals surface area contributed by atoms with Crippen molar-refractivity contribution < 1.29 is 4.79 Å². The van der Waals surface area contributed by atoms with Crippen molar-refractivity contribution in [1.29, 1.82) is 0 Å². The minimum atomic E-state index is -0.423. The van der Waals surface area contributed by atoms with Gasteiger partial charge in [-0.05, 0) is 33.9 Å². The van der Waals surface area contributed by atoms with Gasteiger partial charge in [-0.1, -0.05) is 78.9 Å². The number of carbonyl (C=O) groups excluding carboxylic acids is 1. The van der Waals surface area contributed by atoms with Crippen molar-refractivity contribution in [3.8, 4) is 11.1 Å². The molecule has 3 aromatic rings. The summed E-state index contributed by atoms with van der Waals surface area (Å²) in [5.41, 5.74) is 8.76. The molecule has 0 amide bonds. The number of hydrogen-bond acceptors (Lipinski definition) is 1. The molecule has 1 aliphatic carbocycles. The summed E-state index contributed by atoms with van der Waals surface area (Å²) in [4.78, 5) is 10.8. The molecule has 1 heteroatoms. The first-order valence-electron chi connectivity index (χ1n) is 8.00. The molecule has 0 heterocycles. The lowest BCUT2D eigenvalue weighted by molar-refractivity contribution is -0.104. The number of hydrogen-bond donors (Lipinski definition) is 0. The number of benzene rings is 3. The summed E-state index contributed by atoms with van der Waals surface area (Å²) >= 11 is 0. The lowest BCUT2D eigenvalue weighted by Gasteiger charge is -2.28. The van der Waals surface area contributed by atoms with Crippen LogP contribution in [0.5, 0.6) is 0 Å². The van der Waals surface area contributed by atoms with E-state index in [9.17, 15) is 4.79 Å². The molecule has 114 valence electrons. The SMILES string of the molecule is O=CC=C=CC1(c2ccccc2)c2ccccc2-c2ccccc21. The molecule has 0 fully saturated rings. The van der Waals surface area contributed by atoms with Crippen LogP contribution in [0, 0.1) is 0 Å². The quantitative estimate of drug-likeness (QED) is 0.381. The average molecular weight is 308 g/mol. The van der Waals surface area contributed by atoms with Crippen LogP contribution >= 0.6 is 0 Å². The predicted octanol–water partition coefficient (Wildman–Crippen LogP) is 4.91. The van der Waals surface area contributed by atoms with E-state index in [1.165, 1.54) is 33.9 Å². The average Bonchev–Trinajstić information content (AvgIpc) is 2.94. The van der Waals surface area contributed by atoms with Crippen LogP contribution in [0.1, 0.15) is 16.7 Å². The summed E-state index contributed by atoms with van der Waals surface area (Å²) in [5.74, 6) is 0. The number of carbonyl (C=O) groups is 1. The van der Waals surface area contributed by atoms with E-state index >= 15 is 0 Å². The van der Waals surface area contributed by atoms with E-state index < -0.39 is 5.41 Å². The van der Waals surface area contributed by atoms with Gasteiger partial charge in [0.25, 0.3) is 0 Å². The summed E-state index contributed by atoms with van der Waals surface area (Å²) < 4.78 is 0. The Bertz CT molecular complexity index is 915. The summed E-state index contributed by atoms with van der Waals surface area (Å²) in [6.45, 7) is 0. The zero-order valence-corrected chi connectivity index (χ0v) is 13.1. The van der Waals surface area contributed by atoms with Gasteiger partial charge in [0.15, 0.2) is 6.29 Å². The van der Waals surface area contributed by atoms with Crippen LogP contribution in [-0.2, 0) is 10.2 Å². The van der Waals surface area contributed by atoms with Crippen LogP contribution in [0.4, 0.5) is 0 Å². The fourth-order valence-corrected chi connectivity index (χ4v) is 3.73. The second-order valence-corrected chi connectivity index (χ2v) is 5.88. The minimum absolute atomic E-state index is 0.423. The molecule has 0 aliphatic heterocycles. The van der Waals surface area contributed by atoms with Gasteiger partial charge in [0, 0.05) is 6.08 Å². The maximum Gasteiger partial charge on any atom is 0.150 e. The van der Waals surface area contributed by atoms with Crippen LogP contribution < -0.4 is 0 Å². The number of fused-ring (bicyclic) bond motifs is 3. The fourth-order valence-electron chi connectivity index (χ4n) is 3.73. The van der Waals surface area contributed by atoms with Gasteiger partial charge >= 0.3 is 0 Å². The van der Waals surface area contributed by atoms with Crippen molar-refractivity contribution in [2.75, 3.05) is 0 Å². The molecule has 0 spiro atoms. The van der Waals surface area contributed by atoms with Crippen LogP contribution in [0.25, 0.3) is 11.1 Å². The summed E-state index contributed by atoms with van der Waals surface area (Å²) in [6, 6.07) is 27.3. The highest BCUT2D eigenvalue weighted by Gasteiger charge is 2.42. The fraction of sp³-hybridized carbons (Fsp3) is 0.0435. The predicted molar refractivity (Wildman–Crippen MR) is 96.9 cm³/mol. The Hall–Kier alpha value is -3.15. The second-order valence-electron chi connectivity index (χ2n) is 5.88. The molecule has 0 bridgehead atoms. The third-order valence-electron chi connectivity index (χ3n) is 4.69. The van der Waals surface area contributed by atoms with Gasteiger partial charge in [-0.25, -0.2) is 0 Å². The highest BCUT2D eigenvalue weighted by molar-refractivity contribution is 5.84. The van der Waals surface area contributed by atoms with Gasteiger partial charge in [0.05, 0.1) is 5.41 Å². The normalized spacial score (nSPS) is 13.3. The first kappa shape index (κ1) is 14.4. The minimum Gasteiger partial charge on any atom is -0.298 e. The molecule has 0 N–H and O–H groups in total. The van der Waals surface area contributed by atoms with Crippen molar-refractivity contribution in [2.45, 2.75) is 5.41 Å². The Balaban J connectivity index is 2.14. The molecule has 0 radical (unpaired) electrons. The Morgan fingerprint density at radius 2 is 1.25 bits per heavy atom. The summed E-state index contributed by atoms with van der Waals surface area (Å²) in [6.07, 6.45) is 4.21. The lowest BCUT2D eigenvalue weighted by Crippen LogP contribution is -2.23. The van der Waals surface area contributed by atoms with Gasteiger partial charge in [0.2, 0.25) is 0 Å².